The van der Waals surface area contributed by atoms with Gasteiger partial charge in [-0.2, -0.15) is 0 Å². The summed E-state index contributed by atoms with van der Waals surface area (Å²) in [6.07, 6.45) is 1.42. The van der Waals surface area contributed by atoms with Gasteiger partial charge in [0.1, 0.15) is 6.26 Å². The zero-order valence-electron chi connectivity index (χ0n) is 12.7. The maximum atomic E-state index is 12.3. The van der Waals surface area contributed by atoms with E-state index in [4.69, 9.17) is 16.0 Å². The van der Waals surface area contributed by atoms with Crippen molar-refractivity contribution in [2.75, 3.05) is 31.1 Å². The lowest BCUT2D eigenvalue weighted by atomic mass is 10.1. The van der Waals surface area contributed by atoms with E-state index in [1.165, 1.54) is 11.8 Å². The van der Waals surface area contributed by atoms with E-state index in [-0.39, 0.29) is 5.91 Å². The number of amides is 1. The number of benzene rings is 1. The molecule has 2 heterocycles. The molecule has 0 spiro atoms. The number of rotatable bonds is 2. The van der Waals surface area contributed by atoms with Crippen molar-refractivity contribution in [2.45, 2.75) is 13.8 Å². The molecule has 0 radical (unpaired) electrons. The van der Waals surface area contributed by atoms with Crippen LogP contribution in [0, 0.1) is 13.8 Å². The Kier molecular flexibility index (Phi) is 4.07. The highest BCUT2D eigenvalue weighted by atomic mass is 35.5. The van der Waals surface area contributed by atoms with Crippen LogP contribution in [-0.4, -0.2) is 42.0 Å². The predicted octanol–water partition coefficient (Wildman–Crippen LogP) is 2.91. The molecule has 3 rings (SSSR count). The minimum absolute atomic E-state index is 0.0701. The number of piperazine rings is 1. The molecule has 1 saturated heterocycles. The molecule has 6 heteroatoms. The van der Waals surface area contributed by atoms with E-state index in [0.29, 0.717) is 24.7 Å². The van der Waals surface area contributed by atoms with Gasteiger partial charge in [-0.3, -0.25) is 4.79 Å². The van der Waals surface area contributed by atoms with Crippen molar-refractivity contribution < 1.29 is 9.21 Å². The normalized spacial score (nSPS) is 15.2. The lowest BCUT2D eigenvalue weighted by Gasteiger charge is -2.36. The summed E-state index contributed by atoms with van der Waals surface area (Å²) in [6, 6.07) is 5.90. The highest BCUT2D eigenvalue weighted by Crippen LogP contribution is 2.25. The van der Waals surface area contributed by atoms with E-state index in [1.54, 1.807) is 6.92 Å². The molecule has 0 aliphatic carbocycles. The van der Waals surface area contributed by atoms with Gasteiger partial charge in [0.2, 0.25) is 0 Å². The number of carbonyl (C=O) groups excluding carboxylic acids is 1. The van der Waals surface area contributed by atoms with Crippen LogP contribution >= 0.6 is 11.6 Å². The van der Waals surface area contributed by atoms with Crippen molar-refractivity contribution in [3.8, 4) is 0 Å². The summed E-state index contributed by atoms with van der Waals surface area (Å²) >= 11 is 6.09. The highest BCUT2D eigenvalue weighted by molar-refractivity contribution is 6.30. The first-order chi connectivity index (χ1) is 10.5. The molecular formula is C16H18ClN3O2. The average molecular weight is 320 g/mol. The average Bonchev–Trinajstić information content (AvgIpc) is 2.96. The van der Waals surface area contributed by atoms with E-state index >= 15 is 0 Å². The molecule has 1 aromatic carbocycles. The molecule has 5 nitrogen and oxygen atoms in total. The number of carbonyl (C=O) groups is 1. The quantitative estimate of drug-likeness (QED) is 0.854. The van der Waals surface area contributed by atoms with Gasteiger partial charge in [-0.25, -0.2) is 4.98 Å². The topological polar surface area (TPSA) is 49.6 Å². The fourth-order valence-corrected chi connectivity index (χ4v) is 2.86. The Morgan fingerprint density at radius 2 is 1.95 bits per heavy atom. The van der Waals surface area contributed by atoms with Crippen molar-refractivity contribution in [1.29, 1.82) is 0 Å². The summed E-state index contributed by atoms with van der Waals surface area (Å²) in [5, 5.41) is 0.733. The van der Waals surface area contributed by atoms with E-state index in [1.807, 2.05) is 23.1 Å². The first kappa shape index (κ1) is 14.9. The SMILES string of the molecule is Cc1nc(C(=O)N2CCN(c3cc(Cl)ccc3C)CC2)co1. The van der Waals surface area contributed by atoms with Gasteiger partial charge in [-0.15, -0.1) is 0 Å². The van der Waals surface area contributed by atoms with Crippen LogP contribution in [0.2, 0.25) is 5.02 Å². The van der Waals surface area contributed by atoms with Crippen molar-refractivity contribution in [3.63, 3.8) is 0 Å². The maximum Gasteiger partial charge on any atom is 0.275 e. The predicted molar refractivity (Wildman–Crippen MR) is 85.5 cm³/mol. The molecule has 0 unspecified atom stereocenters. The Morgan fingerprint density at radius 1 is 1.23 bits per heavy atom. The first-order valence-corrected chi connectivity index (χ1v) is 7.65. The minimum atomic E-state index is -0.0701. The van der Waals surface area contributed by atoms with Gasteiger partial charge < -0.3 is 14.2 Å². The second-order valence-corrected chi connectivity index (χ2v) is 5.90. The van der Waals surface area contributed by atoms with Crippen molar-refractivity contribution in [1.82, 2.24) is 9.88 Å². The van der Waals surface area contributed by atoms with Crippen LogP contribution in [0.5, 0.6) is 0 Å². The zero-order valence-corrected chi connectivity index (χ0v) is 13.4. The van der Waals surface area contributed by atoms with Gasteiger partial charge >= 0.3 is 0 Å². The molecule has 1 amide bonds. The van der Waals surface area contributed by atoms with E-state index in [2.05, 4.69) is 16.8 Å². The molecule has 0 bridgehead atoms. The number of oxazole rings is 1. The number of anilines is 1. The van der Waals surface area contributed by atoms with Crippen LogP contribution in [0.3, 0.4) is 0 Å². The fraction of sp³-hybridized carbons (Fsp3) is 0.375. The van der Waals surface area contributed by atoms with Crippen molar-refractivity contribution in [3.05, 3.63) is 46.6 Å². The number of aryl methyl sites for hydroxylation is 2. The number of halogens is 1. The number of aromatic nitrogens is 1. The molecule has 22 heavy (non-hydrogen) atoms. The van der Waals surface area contributed by atoms with Gasteiger partial charge in [0, 0.05) is 43.8 Å². The summed E-state index contributed by atoms with van der Waals surface area (Å²) in [7, 11) is 0. The second kappa shape index (κ2) is 6.01. The second-order valence-electron chi connectivity index (χ2n) is 5.46. The van der Waals surface area contributed by atoms with Gasteiger partial charge in [0.25, 0.3) is 5.91 Å². The number of hydrogen-bond donors (Lipinski definition) is 0. The van der Waals surface area contributed by atoms with E-state index in [0.717, 1.165) is 23.8 Å². The monoisotopic (exact) mass is 319 g/mol. The molecule has 0 saturated carbocycles. The van der Waals surface area contributed by atoms with Crippen LogP contribution in [0.4, 0.5) is 5.69 Å². The number of nitrogens with zero attached hydrogens (tertiary/aromatic N) is 3. The van der Waals surface area contributed by atoms with Crippen LogP contribution in [0.25, 0.3) is 0 Å². The van der Waals surface area contributed by atoms with Crippen molar-refractivity contribution in [2.24, 2.45) is 0 Å². The summed E-state index contributed by atoms with van der Waals surface area (Å²) < 4.78 is 5.11. The standard InChI is InChI=1S/C16H18ClN3O2/c1-11-3-4-13(17)9-15(11)19-5-7-20(8-6-19)16(21)14-10-22-12(2)18-14/h3-4,9-10H,5-8H2,1-2H3. The third-order valence-electron chi connectivity index (χ3n) is 3.92. The van der Waals surface area contributed by atoms with Gasteiger partial charge in [0.15, 0.2) is 11.6 Å². The van der Waals surface area contributed by atoms with Gasteiger partial charge in [-0.1, -0.05) is 17.7 Å². The molecule has 0 N–H and O–H groups in total. The smallest absolute Gasteiger partial charge is 0.275 e. The summed E-state index contributed by atoms with van der Waals surface area (Å²) in [6.45, 7) is 6.69. The molecular weight excluding hydrogens is 302 g/mol. The molecule has 1 fully saturated rings. The van der Waals surface area contributed by atoms with Crippen LogP contribution in [0.15, 0.2) is 28.9 Å². The Balaban J connectivity index is 1.67. The maximum absolute atomic E-state index is 12.3. The van der Waals surface area contributed by atoms with Crippen molar-refractivity contribution >= 4 is 23.2 Å². The third-order valence-corrected chi connectivity index (χ3v) is 4.15. The first-order valence-electron chi connectivity index (χ1n) is 7.27. The molecule has 2 aromatic rings. The fourth-order valence-electron chi connectivity index (χ4n) is 2.70. The Bertz CT molecular complexity index is 690. The lowest BCUT2D eigenvalue weighted by molar-refractivity contribution is 0.0741. The zero-order chi connectivity index (χ0) is 15.7. The van der Waals surface area contributed by atoms with E-state index in [9.17, 15) is 4.79 Å². The van der Waals surface area contributed by atoms with Crippen LogP contribution in [0.1, 0.15) is 21.9 Å². The highest BCUT2D eigenvalue weighted by Gasteiger charge is 2.24. The summed E-state index contributed by atoms with van der Waals surface area (Å²) in [5.41, 5.74) is 2.71. The lowest BCUT2D eigenvalue weighted by Crippen LogP contribution is -2.49. The molecule has 116 valence electrons. The molecule has 1 aliphatic heterocycles. The Hall–Kier alpha value is -2.01. The number of hydrogen-bond acceptors (Lipinski definition) is 4. The Labute approximate surface area is 134 Å². The van der Waals surface area contributed by atoms with Crippen LogP contribution in [-0.2, 0) is 0 Å². The Morgan fingerprint density at radius 3 is 2.59 bits per heavy atom. The molecule has 1 aliphatic rings. The van der Waals surface area contributed by atoms with E-state index < -0.39 is 0 Å². The molecule has 1 aromatic heterocycles. The molecule has 0 atom stereocenters. The summed E-state index contributed by atoms with van der Waals surface area (Å²) in [5.74, 6) is 0.441. The van der Waals surface area contributed by atoms with Gasteiger partial charge in [-0.05, 0) is 24.6 Å². The largest absolute Gasteiger partial charge is 0.448 e. The summed E-state index contributed by atoms with van der Waals surface area (Å²) in [4.78, 5) is 20.5. The third kappa shape index (κ3) is 2.95. The minimum Gasteiger partial charge on any atom is -0.448 e. The van der Waals surface area contributed by atoms with Gasteiger partial charge in [0.05, 0.1) is 0 Å². The van der Waals surface area contributed by atoms with Crippen LogP contribution < -0.4 is 4.90 Å².